The van der Waals surface area contributed by atoms with Crippen LogP contribution in [0.15, 0.2) is 89.8 Å². The van der Waals surface area contributed by atoms with E-state index in [4.69, 9.17) is 14.2 Å². The highest BCUT2D eigenvalue weighted by Crippen LogP contribution is 2.32. The van der Waals surface area contributed by atoms with Gasteiger partial charge in [-0.25, -0.2) is 12.8 Å². The average molecular weight is 593 g/mol. The summed E-state index contributed by atoms with van der Waals surface area (Å²) < 4.78 is 58.2. The number of rotatable bonds is 12. The Hall–Kier alpha value is -4.57. The van der Waals surface area contributed by atoms with Gasteiger partial charge in [-0.15, -0.1) is 0 Å². The number of anilines is 1. The maximum atomic E-state index is 13.9. The van der Waals surface area contributed by atoms with Crippen LogP contribution < -0.4 is 23.8 Å². The van der Waals surface area contributed by atoms with Crippen LogP contribution in [0.5, 0.6) is 17.2 Å². The van der Waals surface area contributed by atoms with Crippen LogP contribution >= 0.6 is 0 Å². The van der Waals surface area contributed by atoms with Crippen molar-refractivity contribution >= 4 is 21.6 Å². The predicted molar refractivity (Wildman–Crippen MR) is 159 cm³/mol. The molecule has 10 heteroatoms. The SMILES string of the molecule is COc1ccc(S(=O)(=O)N(CC(=O)NCc2ccc(OCc3ccc(F)cc3)cc2)c2cc(C)cc(C)c2)cc1OC. The van der Waals surface area contributed by atoms with E-state index in [9.17, 15) is 17.6 Å². The molecule has 0 aliphatic rings. The van der Waals surface area contributed by atoms with E-state index < -0.39 is 22.5 Å². The summed E-state index contributed by atoms with van der Waals surface area (Å²) in [5.74, 6) is 0.486. The van der Waals surface area contributed by atoms with Crippen molar-refractivity contribution in [2.24, 2.45) is 0 Å². The van der Waals surface area contributed by atoms with Crippen LogP contribution in [-0.4, -0.2) is 35.1 Å². The summed E-state index contributed by atoms with van der Waals surface area (Å²) >= 11 is 0. The second kappa shape index (κ2) is 13.4. The molecular formula is C32H33FN2O6S. The zero-order valence-corrected chi connectivity index (χ0v) is 24.7. The molecule has 42 heavy (non-hydrogen) atoms. The molecule has 0 bridgehead atoms. The van der Waals surface area contributed by atoms with Crippen LogP contribution in [0.2, 0.25) is 0 Å². The Morgan fingerprint density at radius 3 is 2.05 bits per heavy atom. The number of halogens is 1. The van der Waals surface area contributed by atoms with Gasteiger partial charge in [0.2, 0.25) is 5.91 Å². The molecule has 4 rings (SSSR count). The molecule has 0 aromatic heterocycles. The normalized spacial score (nSPS) is 11.1. The molecule has 0 aliphatic heterocycles. The second-order valence-electron chi connectivity index (χ2n) is 9.71. The topological polar surface area (TPSA) is 94.2 Å². The lowest BCUT2D eigenvalue weighted by atomic mass is 10.1. The van der Waals surface area contributed by atoms with E-state index in [0.29, 0.717) is 23.8 Å². The first-order valence-electron chi connectivity index (χ1n) is 13.1. The molecule has 220 valence electrons. The van der Waals surface area contributed by atoms with Crippen molar-refractivity contribution in [2.75, 3.05) is 25.1 Å². The minimum Gasteiger partial charge on any atom is -0.493 e. The van der Waals surface area contributed by atoms with Crippen molar-refractivity contribution < 1.29 is 31.8 Å². The van der Waals surface area contributed by atoms with Crippen molar-refractivity contribution in [3.8, 4) is 17.2 Å². The maximum Gasteiger partial charge on any atom is 0.264 e. The van der Waals surface area contributed by atoms with Gasteiger partial charge in [-0.05, 0) is 84.6 Å². The van der Waals surface area contributed by atoms with Gasteiger partial charge < -0.3 is 19.5 Å². The van der Waals surface area contributed by atoms with E-state index in [1.807, 2.05) is 32.0 Å². The molecule has 1 N–H and O–H groups in total. The number of sulfonamides is 1. The number of aryl methyl sites for hydroxylation is 2. The third-order valence-corrected chi connectivity index (χ3v) is 8.23. The standard InChI is InChI=1S/C32H33FN2O6S/c1-22-15-23(2)17-27(16-22)35(42(37,38)29-13-14-30(39-3)31(18-29)40-4)20-32(36)34-19-24-7-11-28(12-8-24)41-21-25-5-9-26(33)10-6-25/h5-18H,19-21H2,1-4H3,(H,34,36). The minimum atomic E-state index is -4.16. The summed E-state index contributed by atoms with van der Waals surface area (Å²) in [7, 11) is -1.27. The van der Waals surface area contributed by atoms with Crippen LogP contribution in [0.1, 0.15) is 22.3 Å². The Morgan fingerprint density at radius 2 is 1.43 bits per heavy atom. The van der Waals surface area contributed by atoms with Crippen LogP contribution in [0.3, 0.4) is 0 Å². The van der Waals surface area contributed by atoms with E-state index >= 15 is 0 Å². The summed E-state index contributed by atoms with van der Waals surface area (Å²) in [4.78, 5) is 13.1. The van der Waals surface area contributed by atoms with Gasteiger partial charge in [0.15, 0.2) is 11.5 Å². The van der Waals surface area contributed by atoms with E-state index in [2.05, 4.69) is 5.32 Å². The number of amides is 1. The number of carbonyl (C=O) groups excluding carboxylic acids is 1. The lowest BCUT2D eigenvalue weighted by Gasteiger charge is -2.25. The van der Waals surface area contributed by atoms with Crippen molar-refractivity contribution in [2.45, 2.75) is 31.9 Å². The third-order valence-electron chi connectivity index (χ3n) is 6.46. The zero-order chi connectivity index (χ0) is 30.3. The fourth-order valence-corrected chi connectivity index (χ4v) is 5.77. The van der Waals surface area contributed by atoms with Crippen molar-refractivity contribution in [3.05, 3.63) is 113 Å². The molecule has 0 atom stereocenters. The summed E-state index contributed by atoms with van der Waals surface area (Å²) in [6.45, 7) is 3.78. The quantitative estimate of drug-likeness (QED) is 0.232. The number of nitrogens with zero attached hydrogens (tertiary/aromatic N) is 1. The third kappa shape index (κ3) is 7.58. The van der Waals surface area contributed by atoms with Crippen LogP contribution in [0, 0.1) is 19.7 Å². The fourth-order valence-electron chi connectivity index (χ4n) is 4.35. The molecule has 8 nitrogen and oxygen atoms in total. The molecule has 0 radical (unpaired) electrons. The molecule has 0 spiro atoms. The van der Waals surface area contributed by atoms with Gasteiger partial charge >= 0.3 is 0 Å². The number of benzene rings is 4. The van der Waals surface area contributed by atoms with Gasteiger partial charge in [-0.2, -0.15) is 0 Å². The Balaban J connectivity index is 1.47. The molecule has 0 saturated carbocycles. The van der Waals surface area contributed by atoms with E-state index in [1.54, 1.807) is 36.4 Å². The first kappa shape index (κ1) is 30.4. The number of carbonyl (C=O) groups is 1. The van der Waals surface area contributed by atoms with Gasteiger partial charge in [0.25, 0.3) is 10.0 Å². The van der Waals surface area contributed by atoms with Crippen LogP contribution in [0.25, 0.3) is 0 Å². The van der Waals surface area contributed by atoms with Gasteiger partial charge in [-0.1, -0.05) is 30.3 Å². The smallest absolute Gasteiger partial charge is 0.264 e. The molecule has 0 saturated heterocycles. The van der Waals surface area contributed by atoms with Crippen molar-refractivity contribution in [1.82, 2.24) is 5.32 Å². The Bertz CT molecular complexity index is 1620. The lowest BCUT2D eigenvalue weighted by molar-refractivity contribution is -0.119. The summed E-state index contributed by atoms with van der Waals surface area (Å²) in [6, 6.07) is 22.9. The molecule has 0 fully saturated rings. The number of hydrogen-bond acceptors (Lipinski definition) is 6. The number of nitrogens with one attached hydrogen (secondary N) is 1. The van der Waals surface area contributed by atoms with Crippen LogP contribution in [0.4, 0.5) is 10.1 Å². The largest absolute Gasteiger partial charge is 0.493 e. The summed E-state index contributed by atoms with van der Waals surface area (Å²) in [5.41, 5.74) is 3.74. The highest BCUT2D eigenvalue weighted by atomic mass is 32.2. The Morgan fingerprint density at radius 1 is 0.810 bits per heavy atom. The van der Waals surface area contributed by atoms with E-state index in [1.165, 1.54) is 44.6 Å². The maximum absolute atomic E-state index is 13.9. The first-order chi connectivity index (χ1) is 20.1. The first-order valence-corrected chi connectivity index (χ1v) is 14.6. The molecule has 4 aromatic rings. The summed E-state index contributed by atoms with van der Waals surface area (Å²) in [5, 5.41) is 2.81. The minimum absolute atomic E-state index is 0.0386. The van der Waals surface area contributed by atoms with E-state index in [-0.39, 0.29) is 23.0 Å². The van der Waals surface area contributed by atoms with Gasteiger partial charge in [0, 0.05) is 12.6 Å². The van der Waals surface area contributed by atoms with E-state index in [0.717, 1.165) is 26.6 Å². The van der Waals surface area contributed by atoms with Crippen molar-refractivity contribution in [3.63, 3.8) is 0 Å². The second-order valence-corrected chi connectivity index (χ2v) is 11.6. The average Bonchev–Trinajstić information content (AvgIpc) is 2.98. The Kier molecular flexibility index (Phi) is 9.69. The van der Waals surface area contributed by atoms with Gasteiger partial charge in [0.1, 0.15) is 24.7 Å². The number of hydrogen-bond donors (Lipinski definition) is 1. The molecule has 0 unspecified atom stereocenters. The highest BCUT2D eigenvalue weighted by molar-refractivity contribution is 7.92. The van der Waals surface area contributed by atoms with Gasteiger partial charge in [0.05, 0.1) is 24.8 Å². The highest BCUT2D eigenvalue weighted by Gasteiger charge is 2.28. The lowest BCUT2D eigenvalue weighted by Crippen LogP contribution is -2.40. The molecule has 0 aliphatic carbocycles. The molecule has 4 aromatic carbocycles. The monoisotopic (exact) mass is 592 g/mol. The fraction of sp³-hybridized carbons (Fsp3) is 0.219. The predicted octanol–water partition coefficient (Wildman–Crippen LogP) is 5.55. The zero-order valence-electron chi connectivity index (χ0n) is 23.9. The molecule has 1 amide bonds. The van der Waals surface area contributed by atoms with Crippen LogP contribution in [-0.2, 0) is 28.0 Å². The Labute approximate surface area is 245 Å². The molecule has 0 heterocycles. The number of ether oxygens (including phenoxy) is 3. The van der Waals surface area contributed by atoms with Gasteiger partial charge in [-0.3, -0.25) is 9.10 Å². The van der Waals surface area contributed by atoms with Crippen molar-refractivity contribution in [1.29, 1.82) is 0 Å². The number of methoxy groups -OCH3 is 2. The summed E-state index contributed by atoms with van der Waals surface area (Å²) in [6.07, 6.45) is 0. The molecular weight excluding hydrogens is 559 g/mol.